The monoisotopic (exact) mass is 837 g/mol. The van der Waals surface area contributed by atoms with Crippen LogP contribution < -0.4 is 9.47 Å². The van der Waals surface area contributed by atoms with E-state index in [-0.39, 0.29) is 11.8 Å². The molecule has 0 aliphatic carbocycles. The van der Waals surface area contributed by atoms with Gasteiger partial charge in [0, 0.05) is 6.20 Å². The number of fused-ring (bicyclic) bond motifs is 1. The fourth-order valence-electron chi connectivity index (χ4n) is 5.44. The molecule has 0 saturated carbocycles. The molecule has 15 heteroatoms. The quantitative estimate of drug-likeness (QED) is 0.115. The summed E-state index contributed by atoms with van der Waals surface area (Å²) in [5.74, 6) is -2.47. The van der Waals surface area contributed by atoms with Gasteiger partial charge in [0.15, 0.2) is 17.9 Å². The highest BCUT2D eigenvalue weighted by Crippen LogP contribution is 2.37. The molecule has 0 spiro atoms. The second kappa shape index (κ2) is 17.9. The molecule has 0 radical (unpaired) electrons. The van der Waals surface area contributed by atoms with E-state index >= 15 is 0 Å². The number of carbonyl (C=O) groups excluding carboxylic acids is 5. The average molecular weight is 838 g/mol. The Labute approximate surface area is 352 Å². The lowest BCUT2D eigenvalue weighted by Gasteiger charge is -2.45. The number of esters is 5. The Morgan fingerprint density at radius 1 is 0.617 bits per heavy atom. The second-order valence-corrected chi connectivity index (χ2v) is 20.4. The van der Waals surface area contributed by atoms with Crippen LogP contribution in [0.4, 0.5) is 0 Å². The van der Waals surface area contributed by atoms with Gasteiger partial charge in [-0.1, -0.05) is 12.1 Å². The fraction of sp³-hybridized carbons (Fsp3) is 0.622. The van der Waals surface area contributed by atoms with Gasteiger partial charge in [0.1, 0.15) is 18.5 Å². The Kier molecular flexibility index (Phi) is 14.2. The van der Waals surface area contributed by atoms with Gasteiger partial charge in [-0.2, -0.15) is 0 Å². The molecular weight excluding hydrogens is 775 g/mol. The molecule has 3 aromatic rings. The minimum Gasteiger partial charge on any atom is -0.462 e. The first-order chi connectivity index (χ1) is 27.5. The zero-order chi connectivity index (χ0) is 45.2. The molecule has 15 nitrogen and oxygen atoms in total. The molecule has 1 unspecified atom stereocenters. The Balaban J connectivity index is 1.78. The Morgan fingerprint density at radius 2 is 1.12 bits per heavy atom. The topological polar surface area (TPSA) is 192 Å². The van der Waals surface area contributed by atoms with E-state index in [4.69, 9.17) is 33.2 Å². The first-order valence-electron chi connectivity index (χ1n) is 20.2. The largest absolute Gasteiger partial charge is 0.462 e. The van der Waals surface area contributed by atoms with Gasteiger partial charge in [0.05, 0.1) is 32.5 Å². The standard InChI is InChI=1S/C45H63N3O12/c1-41(2,3)36(49)54-24-28-30(57-38(51)43(7,8)9)31(58-39(52)44(10,11)12)32(59-40(53)45(13,14)15)35(56-28)60-34-29-26(22-23-46-33(29)47-48-34)19-16-25-17-20-27(21-18-25)55-37(50)42(4,5)6/h17-18,20-23,28,30-32,35H,16,19,24H2,1-15H3,(H,46,47,48)/t28-,30-,31+,32-,35?/m1/s1. The van der Waals surface area contributed by atoms with Crippen molar-refractivity contribution in [2.45, 2.75) is 147 Å². The van der Waals surface area contributed by atoms with Crippen molar-refractivity contribution in [1.82, 2.24) is 15.2 Å². The number of carbonyl (C=O) groups is 5. The van der Waals surface area contributed by atoms with Gasteiger partial charge in [-0.15, -0.1) is 5.10 Å². The number of aryl methyl sites for hydroxylation is 2. The number of nitrogens with one attached hydrogen (secondary N) is 1. The lowest BCUT2D eigenvalue weighted by Crippen LogP contribution is -2.65. The summed E-state index contributed by atoms with van der Waals surface area (Å²) < 4.78 is 42.6. The third-order valence-electron chi connectivity index (χ3n) is 9.32. The van der Waals surface area contributed by atoms with E-state index in [0.717, 1.165) is 11.1 Å². The van der Waals surface area contributed by atoms with Gasteiger partial charge < -0.3 is 33.2 Å². The van der Waals surface area contributed by atoms with Crippen molar-refractivity contribution in [2.75, 3.05) is 6.61 Å². The van der Waals surface area contributed by atoms with Crippen LogP contribution in [-0.4, -0.2) is 82.3 Å². The summed E-state index contributed by atoms with van der Waals surface area (Å²) in [6, 6.07) is 9.09. The van der Waals surface area contributed by atoms with Crippen LogP contribution in [0.15, 0.2) is 36.5 Å². The van der Waals surface area contributed by atoms with Crippen LogP contribution >= 0.6 is 0 Å². The van der Waals surface area contributed by atoms with Gasteiger partial charge in [-0.05, 0) is 146 Å². The van der Waals surface area contributed by atoms with Gasteiger partial charge in [0.2, 0.25) is 18.3 Å². The molecule has 1 aliphatic rings. The van der Waals surface area contributed by atoms with E-state index in [1.165, 1.54) is 0 Å². The molecule has 2 aromatic heterocycles. The first-order valence-corrected chi connectivity index (χ1v) is 20.2. The molecule has 1 N–H and O–H groups in total. The lowest BCUT2D eigenvalue weighted by atomic mass is 9.93. The molecule has 4 rings (SSSR count). The number of aromatic amines is 1. The zero-order valence-electron chi connectivity index (χ0n) is 37.8. The van der Waals surface area contributed by atoms with Gasteiger partial charge in [0.25, 0.3) is 0 Å². The highest BCUT2D eigenvalue weighted by molar-refractivity contribution is 5.84. The summed E-state index contributed by atoms with van der Waals surface area (Å²) in [5, 5.41) is 7.83. The van der Waals surface area contributed by atoms with Crippen LogP contribution in [0.3, 0.4) is 0 Å². The molecule has 1 fully saturated rings. The second-order valence-electron chi connectivity index (χ2n) is 20.4. The third-order valence-corrected chi connectivity index (χ3v) is 9.32. The minimum absolute atomic E-state index is 0.0378. The molecule has 1 saturated heterocycles. The number of benzene rings is 1. The third kappa shape index (κ3) is 12.3. The Hall–Kier alpha value is -5.05. The maximum absolute atomic E-state index is 13.7. The van der Waals surface area contributed by atoms with Gasteiger partial charge in [-0.25, -0.2) is 4.98 Å². The van der Waals surface area contributed by atoms with E-state index in [2.05, 4.69) is 15.2 Å². The van der Waals surface area contributed by atoms with Crippen LogP contribution in [0, 0.1) is 27.1 Å². The number of ether oxygens (including phenoxy) is 7. The average Bonchev–Trinajstić information content (AvgIpc) is 3.53. The van der Waals surface area contributed by atoms with Crippen molar-refractivity contribution < 1.29 is 57.1 Å². The summed E-state index contributed by atoms with van der Waals surface area (Å²) in [5.41, 5.74) is -2.48. The van der Waals surface area contributed by atoms with E-state index < -0.39 is 88.3 Å². The normalized spacial score (nSPS) is 20.2. The van der Waals surface area contributed by atoms with Crippen LogP contribution in [0.1, 0.15) is 115 Å². The van der Waals surface area contributed by atoms with Crippen LogP contribution in [-0.2, 0) is 60.5 Å². The van der Waals surface area contributed by atoms with Crippen molar-refractivity contribution in [3.8, 4) is 11.6 Å². The maximum Gasteiger partial charge on any atom is 0.316 e. The van der Waals surface area contributed by atoms with E-state index in [1.54, 1.807) is 122 Å². The summed E-state index contributed by atoms with van der Waals surface area (Å²) in [6.07, 6.45) is -4.54. The van der Waals surface area contributed by atoms with E-state index in [0.29, 0.717) is 29.6 Å². The van der Waals surface area contributed by atoms with Crippen LogP contribution in [0.5, 0.6) is 11.6 Å². The molecular formula is C45H63N3O12. The smallest absolute Gasteiger partial charge is 0.316 e. The molecule has 60 heavy (non-hydrogen) atoms. The van der Waals surface area contributed by atoms with Crippen molar-refractivity contribution in [3.63, 3.8) is 0 Å². The number of aromatic nitrogens is 3. The fourth-order valence-corrected chi connectivity index (χ4v) is 5.44. The Morgan fingerprint density at radius 3 is 1.63 bits per heavy atom. The molecule has 0 amide bonds. The molecule has 1 aliphatic heterocycles. The molecule has 3 heterocycles. The number of hydrogen-bond donors (Lipinski definition) is 1. The van der Waals surface area contributed by atoms with Crippen LogP contribution in [0.2, 0.25) is 0 Å². The Bertz CT molecular complexity index is 2020. The van der Waals surface area contributed by atoms with Gasteiger partial charge >= 0.3 is 29.8 Å². The molecule has 0 bridgehead atoms. The SMILES string of the molecule is CC(C)(C)C(=O)OC[C@H]1OC(Oc2n[nH]c3nccc(CCc4ccc(OC(=O)C(C)(C)C)cc4)c23)[C@H](OC(=O)C(C)(C)C)[C@@H](OC(=O)C(C)(C)C)[C@@H]1OC(=O)C(C)(C)C. The number of hydrogen-bond acceptors (Lipinski definition) is 14. The molecule has 5 atom stereocenters. The number of rotatable bonds is 11. The van der Waals surface area contributed by atoms with Crippen molar-refractivity contribution >= 4 is 40.9 Å². The first kappa shape index (κ1) is 47.6. The van der Waals surface area contributed by atoms with Gasteiger partial charge in [-0.3, -0.25) is 29.1 Å². The van der Waals surface area contributed by atoms with E-state index in [9.17, 15) is 24.0 Å². The number of nitrogens with zero attached hydrogens (tertiary/aromatic N) is 2. The summed E-state index contributed by atoms with van der Waals surface area (Å²) in [7, 11) is 0. The lowest BCUT2D eigenvalue weighted by molar-refractivity contribution is -0.294. The zero-order valence-corrected chi connectivity index (χ0v) is 37.8. The number of H-pyrrole nitrogens is 1. The predicted octanol–water partition coefficient (Wildman–Crippen LogP) is 7.26. The maximum atomic E-state index is 13.7. The van der Waals surface area contributed by atoms with E-state index in [1.807, 2.05) is 18.2 Å². The molecule has 1 aromatic carbocycles. The highest BCUT2D eigenvalue weighted by Gasteiger charge is 2.56. The van der Waals surface area contributed by atoms with Crippen molar-refractivity contribution in [2.24, 2.45) is 27.1 Å². The molecule has 330 valence electrons. The highest BCUT2D eigenvalue weighted by atomic mass is 16.7. The number of pyridine rings is 1. The van der Waals surface area contributed by atoms with Crippen LogP contribution in [0.25, 0.3) is 11.0 Å². The summed E-state index contributed by atoms with van der Waals surface area (Å²) in [4.78, 5) is 70.9. The minimum atomic E-state index is -1.54. The predicted molar refractivity (Wildman–Crippen MR) is 221 cm³/mol. The van der Waals surface area contributed by atoms with Crippen molar-refractivity contribution in [3.05, 3.63) is 47.7 Å². The summed E-state index contributed by atoms with van der Waals surface area (Å²) in [6.45, 7) is 24.9. The summed E-state index contributed by atoms with van der Waals surface area (Å²) >= 11 is 0. The van der Waals surface area contributed by atoms with Crippen molar-refractivity contribution in [1.29, 1.82) is 0 Å².